The Bertz CT molecular complexity index is 1500. The van der Waals surface area contributed by atoms with Crippen LogP contribution in [0.5, 0.6) is 6.01 Å². The lowest BCUT2D eigenvalue weighted by atomic mass is 10.0. The highest BCUT2D eigenvalue weighted by Crippen LogP contribution is 2.42. The Kier molecular flexibility index (Phi) is 7.13. The zero-order valence-corrected chi connectivity index (χ0v) is 23.3. The minimum Gasteiger partial charge on any atom is -0.461 e. The summed E-state index contributed by atoms with van der Waals surface area (Å²) in [4.78, 5) is 34.2. The number of hydrogen-bond donors (Lipinski definition) is 1. The normalized spacial score (nSPS) is 20.9. The number of pyridine rings is 2. The number of ether oxygens (including phenoxy) is 3. The quantitative estimate of drug-likeness (QED) is 0.441. The average molecular weight is 586 g/mol. The third kappa shape index (κ3) is 5.55. The molecule has 2 amide bonds. The first kappa shape index (κ1) is 28.1. The lowest BCUT2D eigenvalue weighted by molar-refractivity contribution is -0.142. The first-order valence-corrected chi connectivity index (χ1v) is 13.7. The van der Waals surface area contributed by atoms with E-state index in [0.29, 0.717) is 37.5 Å². The van der Waals surface area contributed by atoms with Gasteiger partial charge in [0.2, 0.25) is 0 Å². The molecule has 2 atom stereocenters. The largest absolute Gasteiger partial charge is 0.461 e. The van der Waals surface area contributed by atoms with Gasteiger partial charge in [-0.25, -0.2) is 14.8 Å². The molecule has 42 heavy (non-hydrogen) atoms. The molecular weight excluding hydrogens is 555 g/mol. The van der Waals surface area contributed by atoms with Crippen LogP contribution in [0.4, 0.5) is 35.3 Å². The predicted molar refractivity (Wildman–Crippen MR) is 146 cm³/mol. The van der Waals surface area contributed by atoms with Crippen molar-refractivity contribution in [3.63, 3.8) is 0 Å². The first-order chi connectivity index (χ1) is 20.0. The second kappa shape index (κ2) is 10.7. The number of fused-ring (bicyclic) bond motifs is 4. The number of hydrogen-bond acceptors (Lipinski definition) is 9. The van der Waals surface area contributed by atoms with Gasteiger partial charge in [0.15, 0.2) is 11.6 Å². The van der Waals surface area contributed by atoms with Gasteiger partial charge in [0, 0.05) is 31.0 Å². The third-order valence-electron chi connectivity index (χ3n) is 7.42. The maximum absolute atomic E-state index is 13.7. The third-order valence-corrected chi connectivity index (χ3v) is 7.42. The monoisotopic (exact) mass is 585 g/mol. The van der Waals surface area contributed by atoms with E-state index in [0.717, 1.165) is 30.1 Å². The fourth-order valence-electron chi connectivity index (χ4n) is 5.46. The summed E-state index contributed by atoms with van der Waals surface area (Å²) in [5.74, 6) is -0.0784. The molecule has 0 aromatic carbocycles. The maximum Gasteiger partial charge on any atom is 0.433 e. The predicted octanol–water partition coefficient (Wildman–Crippen LogP) is 4.68. The Morgan fingerprint density at radius 1 is 1.19 bits per heavy atom. The highest BCUT2D eigenvalue weighted by atomic mass is 19.4. The molecule has 6 heterocycles. The highest BCUT2D eigenvalue weighted by Gasteiger charge is 2.41. The Labute approximate surface area is 240 Å². The van der Waals surface area contributed by atoms with E-state index in [1.807, 2.05) is 26.8 Å². The Morgan fingerprint density at radius 2 is 2.00 bits per heavy atom. The van der Waals surface area contributed by atoms with Crippen molar-refractivity contribution in [2.45, 2.75) is 57.7 Å². The van der Waals surface area contributed by atoms with Crippen LogP contribution in [0.1, 0.15) is 38.4 Å². The van der Waals surface area contributed by atoms with E-state index in [4.69, 9.17) is 19.2 Å². The van der Waals surface area contributed by atoms with E-state index >= 15 is 0 Å². The van der Waals surface area contributed by atoms with Gasteiger partial charge in [0.1, 0.15) is 24.2 Å². The number of amides is 2. The van der Waals surface area contributed by atoms with Gasteiger partial charge < -0.3 is 19.1 Å². The van der Waals surface area contributed by atoms with E-state index in [-0.39, 0.29) is 36.1 Å². The number of rotatable bonds is 6. The van der Waals surface area contributed by atoms with Gasteiger partial charge in [-0.2, -0.15) is 18.2 Å². The molecule has 3 aromatic rings. The fraction of sp³-hybridized carbons (Fsp3) is 0.464. The molecule has 222 valence electrons. The number of alkyl halides is 3. The van der Waals surface area contributed by atoms with Gasteiger partial charge in [-0.05, 0) is 56.5 Å². The molecule has 2 saturated heterocycles. The molecule has 0 saturated carbocycles. The van der Waals surface area contributed by atoms with E-state index in [1.165, 1.54) is 12.3 Å². The number of nitrogens with zero attached hydrogens (tertiary/aromatic N) is 6. The van der Waals surface area contributed by atoms with Crippen molar-refractivity contribution in [1.82, 2.24) is 19.9 Å². The van der Waals surface area contributed by atoms with Crippen molar-refractivity contribution in [3.8, 4) is 17.3 Å². The van der Waals surface area contributed by atoms with E-state index < -0.39 is 23.7 Å². The maximum atomic E-state index is 13.7. The van der Waals surface area contributed by atoms with Crippen LogP contribution in [0, 0.1) is 0 Å². The number of halogens is 3. The van der Waals surface area contributed by atoms with Gasteiger partial charge in [0.05, 0.1) is 24.0 Å². The molecule has 3 aliphatic rings. The summed E-state index contributed by atoms with van der Waals surface area (Å²) in [7, 11) is 0. The van der Waals surface area contributed by atoms with Crippen LogP contribution in [-0.2, 0) is 22.1 Å². The molecule has 0 radical (unpaired) electrons. The Hall–Kier alpha value is -4.04. The molecule has 1 unspecified atom stereocenters. The van der Waals surface area contributed by atoms with Gasteiger partial charge in [0.25, 0.3) is 0 Å². The van der Waals surface area contributed by atoms with Gasteiger partial charge in [-0.15, -0.1) is 0 Å². The summed E-state index contributed by atoms with van der Waals surface area (Å²) >= 11 is 0. The molecule has 3 aliphatic heterocycles. The Balaban J connectivity index is 1.27. The van der Waals surface area contributed by atoms with Crippen molar-refractivity contribution in [3.05, 3.63) is 47.9 Å². The van der Waals surface area contributed by atoms with Crippen LogP contribution >= 0.6 is 0 Å². The molecule has 2 fully saturated rings. The number of nitrogens with one attached hydrogen (secondary N) is 1. The highest BCUT2D eigenvalue weighted by molar-refractivity contribution is 6.04. The zero-order chi connectivity index (χ0) is 29.6. The topological polar surface area (TPSA) is 115 Å². The van der Waals surface area contributed by atoms with Crippen LogP contribution < -0.4 is 19.9 Å². The zero-order valence-electron chi connectivity index (χ0n) is 23.3. The summed E-state index contributed by atoms with van der Waals surface area (Å²) in [6.07, 6.45) is -1.02. The lowest BCUT2D eigenvalue weighted by Crippen LogP contribution is -2.48. The number of aryl methyl sites for hydroxylation is 1. The number of aromatic nitrogens is 4. The van der Waals surface area contributed by atoms with Crippen LogP contribution in [0.15, 0.2) is 36.7 Å². The van der Waals surface area contributed by atoms with E-state index in [1.54, 1.807) is 11.0 Å². The second-order valence-electron chi connectivity index (χ2n) is 10.8. The molecule has 14 heteroatoms. The second-order valence-corrected chi connectivity index (χ2v) is 10.8. The number of carbonyl (C=O) groups excluding carboxylic acids is 1. The van der Waals surface area contributed by atoms with Crippen molar-refractivity contribution >= 4 is 23.4 Å². The average Bonchev–Trinajstić information content (AvgIpc) is 3.54. The fourth-order valence-corrected chi connectivity index (χ4v) is 5.46. The molecule has 3 aromatic heterocycles. The van der Waals surface area contributed by atoms with Crippen LogP contribution in [-0.4, -0.2) is 70.2 Å². The lowest BCUT2D eigenvalue weighted by Gasteiger charge is -2.36. The van der Waals surface area contributed by atoms with Gasteiger partial charge >= 0.3 is 18.2 Å². The van der Waals surface area contributed by atoms with Gasteiger partial charge in [-0.3, -0.25) is 15.2 Å². The SMILES string of the molecule is CCc1cc2c(nc1-c1ccnc(C(F)(F)F)c1)N(C(=O)Nc1ccnc(OC[C@@H]3COC(C)(C)O3)n1)C1CCN2C1. The molecule has 11 nitrogen and oxygen atoms in total. The minimum absolute atomic E-state index is 0.0679. The van der Waals surface area contributed by atoms with Crippen molar-refractivity contribution < 1.29 is 32.2 Å². The van der Waals surface area contributed by atoms with Crippen LogP contribution in [0.2, 0.25) is 0 Å². The molecular formula is C28H30F3N7O4. The first-order valence-electron chi connectivity index (χ1n) is 13.7. The molecule has 0 aliphatic carbocycles. The minimum atomic E-state index is -4.60. The van der Waals surface area contributed by atoms with Crippen molar-refractivity contribution in [2.75, 3.05) is 41.4 Å². The smallest absolute Gasteiger partial charge is 0.433 e. The molecule has 6 rings (SSSR count). The number of carbonyl (C=O) groups is 1. The summed E-state index contributed by atoms with van der Waals surface area (Å²) in [5, 5.41) is 2.82. The van der Waals surface area contributed by atoms with E-state index in [2.05, 4.69) is 25.2 Å². The van der Waals surface area contributed by atoms with Crippen molar-refractivity contribution in [1.29, 1.82) is 0 Å². The summed E-state index contributed by atoms with van der Waals surface area (Å²) in [6.45, 7) is 7.46. The molecule has 2 bridgehead atoms. The molecule has 0 spiro atoms. The van der Waals surface area contributed by atoms with Crippen LogP contribution in [0.3, 0.4) is 0 Å². The molecule has 1 N–H and O–H groups in total. The number of urea groups is 1. The summed E-state index contributed by atoms with van der Waals surface area (Å²) in [6, 6.07) is 5.38. The van der Waals surface area contributed by atoms with Crippen molar-refractivity contribution in [2.24, 2.45) is 0 Å². The summed E-state index contributed by atoms with van der Waals surface area (Å²) in [5.41, 5.74) is 1.19. The summed E-state index contributed by atoms with van der Waals surface area (Å²) < 4.78 is 57.3. The van der Waals surface area contributed by atoms with Crippen LogP contribution in [0.25, 0.3) is 11.3 Å². The Morgan fingerprint density at radius 3 is 2.74 bits per heavy atom. The standard InChI is InChI=1S/C28H30F3N7O4/c1-4-16-11-20-24(36-23(16)17-5-8-32-21(12-17)28(29,30)31)38(18-7-10-37(20)13-18)26(39)35-22-6-9-33-25(34-22)40-14-19-15-41-27(2,3)42-19/h5-6,8-9,11-12,18-19H,4,7,10,13-15H2,1-3H3,(H,33,34,35,39)/t18?,19-/m1/s1. The number of anilines is 3. The van der Waals surface area contributed by atoms with E-state index in [9.17, 15) is 18.0 Å². The van der Waals surface area contributed by atoms with Gasteiger partial charge in [-0.1, -0.05) is 6.92 Å².